The molecule has 0 amide bonds. The van der Waals surface area contributed by atoms with E-state index in [2.05, 4.69) is 28.0 Å². The van der Waals surface area contributed by atoms with E-state index in [1.807, 2.05) is 6.08 Å². The minimum atomic E-state index is -0.968. The topological polar surface area (TPSA) is 117 Å². The van der Waals surface area contributed by atoms with Gasteiger partial charge in [0.15, 0.2) is 5.78 Å². The zero-order valence-corrected chi connectivity index (χ0v) is 16.4. The molecule has 0 bridgehead atoms. The van der Waals surface area contributed by atoms with Crippen LogP contribution in [0.1, 0.15) is 64.2 Å². The van der Waals surface area contributed by atoms with Crippen LogP contribution in [0.15, 0.2) is 17.3 Å². The Kier molecular flexibility index (Phi) is 17.2. The summed E-state index contributed by atoms with van der Waals surface area (Å²) in [5.41, 5.74) is 6.55. The molecule has 3 N–H and O–H groups in total. The lowest BCUT2D eigenvalue weighted by Gasteiger charge is -2.07. The van der Waals surface area contributed by atoms with Crippen molar-refractivity contribution in [2.24, 2.45) is 5.11 Å². The fraction of sp³-hybridized carbons (Fsp3) is 0.778. The Morgan fingerprint density at radius 2 is 1.69 bits per heavy atom. The normalized spacial score (nSPS) is 12.0. The van der Waals surface area contributed by atoms with Crippen molar-refractivity contribution in [3.05, 3.63) is 12.2 Å². The number of hydrogen-bond donors (Lipinski definition) is 4. The van der Waals surface area contributed by atoms with Gasteiger partial charge in [-0.15, -0.1) is 0 Å². The highest BCUT2D eigenvalue weighted by Gasteiger charge is 2.02. The van der Waals surface area contributed by atoms with Gasteiger partial charge in [-0.25, -0.2) is 0 Å². The van der Waals surface area contributed by atoms with Gasteiger partial charge in [0.05, 0.1) is 13.1 Å². The number of carbonyl (C=O) groups is 2. The molecule has 0 aromatic rings. The highest BCUT2D eigenvalue weighted by Crippen LogP contribution is 2.15. The first-order valence-corrected chi connectivity index (χ1v) is 9.91. The third kappa shape index (κ3) is 18.8. The summed E-state index contributed by atoms with van der Waals surface area (Å²) in [5, 5.41) is 14.9. The van der Waals surface area contributed by atoms with Crippen LogP contribution >= 0.6 is 12.6 Å². The monoisotopic (exact) mass is 385 g/mol. The van der Waals surface area contributed by atoms with E-state index in [1.165, 1.54) is 38.2 Å². The van der Waals surface area contributed by atoms with Crippen molar-refractivity contribution in [2.45, 2.75) is 69.5 Å². The lowest BCUT2D eigenvalue weighted by molar-refractivity contribution is -0.135. The van der Waals surface area contributed by atoms with Gasteiger partial charge in [0.1, 0.15) is 17.2 Å². The van der Waals surface area contributed by atoms with Crippen molar-refractivity contribution < 1.29 is 14.7 Å². The second kappa shape index (κ2) is 18.3. The van der Waals surface area contributed by atoms with Crippen LogP contribution < -0.4 is 10.2 Å². The van der Waals surface area contributed by atoms with E-state index in [1.54, 1.807) is 0 Å². The number of aliphatic carboxylic acids is 1. The Hall–Kier alpha value is -1.50. The van der Waals surface area contributed by atoms with Gasteiger partial charge in [0, 0.05) is 5.25 Å². The van der Waals surface area contributed by atoms with Gasteiger partial charge >= 0.3 is 5.97 Å². The zero-order valence-electron chi connectivity index (χ0n) is 15.5. The molecule has 0 aliphatic heterocycles. The lowest BCUT2D eigenvalue weighted by Crippen LogP contribution is -2.27. The molecule has 0 rings (SSSR count). The number of allylic oxidation sites excluding steroid dienone is 1. The molecule has 0 aromatic carbocycles. The number of unbranched alkanes of at least 4 members (excludes halogenated alkanes) is 7. The van der Waals surface area contributed by atoms with E-state index in [-0.39, 0.29) is 24.1 Å². The largest absolute Gasteiger partial charge is 0.480 e. The maximum absolute atomic E-state index is 11.5. The highest BCUT2D eigenvalue weighted by molar-refractivity contribution is 7.80. The first kappa shape index (κ1) is 24.5. The van der Waals surface area contributed by atoms with Crippen LogP contribution in [0.2, 0.25) is 0 Å². The molecule has 7 nitrogen and oxygen atoms in total. The van der Waals surface area contributed by atoms with E-state index >= 15 is 0 Å². The third-order valence-electron chi connectivity index (χ3n) is 3.90. The summed E-state index contributed by atoms with van der Waals surface area (Å²) in [7, 11) is 0. The molecule has 1 atom stereocenters. The standard InChI is InChI=1S/C18H32N4O3S/c19-22-21-13-8-6-4-2-1-3-5-7-11-17(26)12-9-10-16(23)14-20-15-18(24)25/h9-10,17,19-20H,1-8,11-15H2,(H-,24,25,26)/p+1/b10-9+/t17-/m0/s1. The molecule has 0 saturated carbocycles. The predicted molar refractivity (Wildman–Crippen MR) is 106 cm³/mol. The van der Waals surface area contributed by atoms with Gasteiger partial charge in [-0.2, -0.15) is 12.6 Å². The zero-order chi connectivity index (χ0) is 19.5. The molecule has 0 aliphatic rings. The number of hydrogen-bond acceptors (Lipinski definition) is 6. The second-order valence-electron chi connectivity index (χ2n) is 6.34. The number of thiol groups is 1. The van der Waals surface area contributed by atoms with Crippen LogP contribution in [-0.4, -0.2) is 41.7 Å². The third-order valence-corrected chi connectivity index (χ3v) is 4.37. The summed E-state index contributed by atoms with van der Waals surface area (Å²) in [4.78, 5) is 24.8. The van der Waals surface area contributed by atoms with Crippen molar-refractivity contribution in [3.63, 3.8) is 0 Å². The number of carbonyl (C=O) groups excluding carboxylic acids is 1. The van der Waals surface area contributed by atoms with Gasteiger partial charge in [-0.05, 0) is 25.3 Å². The van der Waals surface area contributed by atoms with E-state index < -0.39 is 5.97 Å². The maximum Gasteiger partial charge on any atom is 0.317 e. The van der Waals surface area contributed by atoms with Gasteiger partial charge < -0.3 is 5.11 Å². The number of nitrogens with one attached hydrogen (secondary N) is 2. The smallest absolute Gasteiger partial charge is 0.317 e. The van der Waals surface area contributed by atoms with E-state index in [4.69, 9.17) is 10.6 Å². The van der Waals surface area contributed by atoms with Crippen LogP contribution in [0.25, 0.3) is 0 Å². The summed E-state index contributed by atoms with van der Waals surface area (Å²) in [6.45, 7) is 0.521. The van der Waals surface area contributed by atoms with Gasteiger partial charge in [0.2, 0.25) is 4.91 Å². The predicted octanol–water partition coefficient (Wildman–Crippen LogP) is 3.54. The first-order valence-electron chi connectivity index (χ1n) is 9.39. The Bertz CT molecular complexity index is 465. The van der Waals surface area contributed by atoms with Crippen LogP contribution in [0, 0.1) is 5.53 Å². The van der Waals surface area contributed by atoms with E-state index in [0.717, 1.165) is 32.1 Å². The maximum atomic E-state index is 11.5. The van der Waals surface area contributed by atoms with Crippen molar-refractivity contribution in [3.8, 4) is 0 Å². The van der Waals surface area contributed by atoms with Gasteiger partial charge in [-0.1, -0.05) is 51.0 Å². The number of nitrogens with zero attached hydrogens (tertiary/aromatic N) is 2. The second-order valence-corrected chi connectivity index (χ2v) is 7.07. The van der Waals surface area contributed by atoms with Crippen LogP contribution in [0.4, 0.5) is 0 Å². The first-order chi connectivity index (χ1) is 12.6. The van der Waals surface area contributed by atoms with Crippen LogP contribution in [-0.2, 0) is 9.59 Å². The van der Waals surface area contributed by atoms with E-state index in [9.17, 15) is 9.59 Å². The molecule has 0 spiro atoms. The molecule has 0 aromatic heterocycles. The summed E-state index contributed by atoms with van der Waals surface area (Å²) in [6.07, 6.45) is 14.7. The average molecular weight is 386 g/mol. The molecule has 8 heteroatoms. The fourth-order valence-corrected chi connectivity index (χ4v) is 2.80. The molecule has 0 heterocycles. The molecule has 0 unspecified atom stereocenters. The number of carboxylic acids is 1. The van der Waals surface area contributed by atoms with Crippen LogP contribution in [0.3, 0.4) is 0 Å². The highest BCUT2D eigenvalue weighted by atomic mass is 32.1. The summed E-state index contributed by atoms with van der Waals surface area (Å²) in [6, 6.07) is 0. The Labute approximate surface area is 161 Å². The number of carboxylic acid groups (broad SMARTS) is 1. The fourth-order valence-electron chi connectivity index (χ4n) is 2.50. The van der Waals surface area contributed by atoms with E-state index in [0.29, 0.717) is 6.54 Å². The number of rotatable bonds is 18. The molecule has 26 heavy (non-hydrogen) atoms. The Morgan fingerprint density at radius 1 is 1.08 bits per heavy atom. The van der Waals surface area contributed by atoms with Gasteiger partial charge in [-0.3, -0.25) is 14.9 Å². The summed E-state index contributed by atoms with van der Waals surface area (Å²) < 4.78 is 0. The van der Waals surface area contributed by atoms with Crippen molar-refractivity contribution in [2.75, 3.05) is 19.6 Å². The summed E-state index contributed by atoms with van der Waals surface area (Å²) in [5.74, 6) is -1.08. The van der Waals surface area contributed by atoms with Crippen molar-refractivity contribution >= 4 is 24.4 Å². The van der Waals surface area contributed by atoms with Crippen molar-refractivity contribution in [1.82, 2.24) is 10.2 Å². The molecular weight excluding hydrogens is 352 g/mol. The lowest BCUT2D eigenvalue weighted by atomic mass is 10.1. The molecule has 0 radical (unpaired) electrons. The number of ketones is 1. The Balaban J connectivity index is 3.44. The quantitative estimate of drug-likeness (QED) is 0.0949. The summed E-state index contributed by atoms with van der Waals surface area (Å²) >= 11 is 4.54. The minimum Gasteiger partial charge on any atom is -0.480 e. The molecule has 0 fully saturated rings. The average Bonchev–Trinajstić information content (AvgIpc) is 2.59. The van der Waals surface area contributed by atoms with Crippen LogP contribution in [0.5, 0.6) is 0 Å². The molecule has 0 aliphatic carbocycles. The Morgan fingerprint density at radius 3 is 2.31 bits per heavy atom. The minimum absolute atomic E-state index is 0.0500. The molecule has 148 valence electrons. The SMILES string of the molecule is N=[N+]=NCCCCCCCCCC[C@H](S)C/C=C/C(=O)CNCC(=O)O. The van der Waals surface area contributed by atoms with Gasteiger partial charge in [0.25, 0.3) is 0 Å². The van der Waals surface area contributed by atoms with Crippen molar-refractivity contribution in [1.29, 1.82) is 5.53 Å². The molecule has 0 saturated heterocycles. The molecular formula is C18H33N4O3S+.